The summed E-state index contributed by atoms with van der Waals surface area (Å²) >= 11 is 0. The fraction of sp³-hybridized carbons (Fsp3) is 0.419. The lowest BCUT2D eigenvalue weighted by molar-refractivity contribution is -0.128. The molecule has 220 valence electrons. The maximum absolute atomic E-state index is 14.2. The molecule has 0 fully saturated rings. The number of nitrogens with one attached hydrogen (secondary N) is 2. The van der Waals surface area contributed by atoms with Gasteiger partial charge in [0.1, 0.15) is 11.8 Å². The second kappa shape index (κ2) is 13.8. The summed E-state index contributed by atoms with van der Waals surface area (Å²) in [5.74, 6) is 0.402. The van der Waals surface area contributed by atoms with Crippen LogP contribution in [0.5, 0.6) is 11.5 Å². The minimum Gasteiger partial charge on any atom is -0.493 e. The van der Waals surface area contributed by atoms with Crippen molar-refractivity contribution < 1.29 is 28.4 Å². The summed E-state index contributed by atoms with van der Waals surface area (Å²) in [7, 11) is 3.01. The van der Waals surface area contributed by atoms with Crippen LogP contribution < -0.4 is 25.0 Å². The third-order valence-corrected chi connectivity index (χ3v) is 6.94. The number of carbonyl (C=O) groups excluding carboxylic acids is 3. The molecule has 3 aromatic rings. The molecule has 0 aliphatic carbocycles. The van der Waals surface area contributed by atoms with Crippen molar-refractivity contribution in [3.05, 3.63) is 65.4 Å². The number of hydrogen-bond donors (Lipinski definition) is 2. The van der Waals surface area contributed by atoms with Crippen molar-refractivity contribution in [3.8, 4) is 11.5 Å². The van der Waals surface area contributed by atoms with Crippen LogP contribution in [-0.2, 0) is 20.8 Å². The number of nitrogens with zero attached hydrogens (tertiary/aromatic N) is 2. The number of methoxy groups -OCH3 is 2. The smallest absolute Gasteiger partial charge is 0.248 e. The summed E-state index contributed by atoms with van der Waals surface area (Å²) in [6.45, 7) is 9.52. The topological polar surface area (TPSA) is 123 Å². The highest BCUT2D eigenvalue weighted by atomic mass is 16.5. The standard InChI is InChI=1S/C31H40N4O6/c1-8-21-13-10-11-15-23(21)35(27(37)18-17-26(36)32-25-19-20(3)41-34-25)28(30(38)33-31(4,5)9-2)22-14-12-16-24(39-6)29(22)40-7/h10-16,19,28H,8-9,17-18H2,1-7H3,(H,33,38)(H,32,34,36)/t28-/m0/s1. The van der Waals surface area contributed by atoms with E-state index in [0.29, 0.717) is 41.4 Å². The van der Waals surface area contributed by atoms with Crippen molar-refractivity contribution in [3.63, 3.8) is 0 Å². The van der Waals surface area contributed by atoms with E-state index in [2.05, 4.69) is 15.8 Å². The maximum Gasteiger partial charge on any atom is 0.248 e. The highest BCUT2D eigenvalue weighted by Crippen LogP contribution is 2.40. The molecule has 3 amide bonds. The first kappa shape index (κ1) is 31.2. The van der Waals surface area contributed by atoms with Crippen LogP contribution in [0.15, 0.2) is 53.1 Å². The van der Waals surface area contributed by atoms with Gasteiger partial charge in [-0.15, -0.1) is 0 Å². The molecule has 0 radical (unpaired) electrons. The average molecular weight is 565 g/mol. The van der Waals surface area contributed by atoms with Gasteiger partial charge in [-0.25, -0.2) is 0 Å². The summed E-state index contributed by atoms with van der Waals surface area (Å²) in [4.78, 5) is 42.5. The number of amides is 3. The van der Waals surface area contributed by atoms with Gasteiger partial charge in [-0.05, 0) is 51.3 Å². The molecule has 0 aliphatic heterocycles. The van der Waals surface area contributed by atoms with E-state index >= 15 is 0 Å². The predicted octanol–water partition coefficient (Wildman–Crippen LogP) is 5.36. The van der Waals surface area contributed by atoms with E-state index in [4.69, 9.17) is 14.0 Å². The van der Waals surface area contributed by atoms with Crippen LogP contribution in [-0.4, -0.2) is 42.6 Å². The largest absolute Gasteiger partial charge is 0.493 e. The van der Waals surface area contributed by atoms with Crippen LogP contribution in [0.3, 0.4) is 0 Å². The zero-order valence-electron chi connectivity index (χ0n) is 24.9. The molecule has 0 spiro atoms. The lowest BCUT2D eigenvalue weighted by atomic mass is 9.96. The van der Waals surface area contributed by atoms with Gasteiger partial charge in [0.15, 0.2) is 17.3 Å². The number of aromatic nitrogens is 1. The first-order valence-electron chi connectivity index (χ1n) is 13.7. The van der Waals surface area contributed by atoms with Gasteiger partial charge in [-0.1, -0.05) is 49.3 Å². The number of benzene rings is 2. The van der Waals surface area contributed by atoms with Gasteiger partial charge >= 0.3 is 0 Å². The van der Waals surface area contributed by atoms with Gasteiger partial charge in [0, 0.05) is 35.7 Å². The lowest BCUT2D eigenvalue weighted by Crippen LogP contribution is -2.50. The Bertz CT molecular complexity index is 1370. The third-order valence-electron chi connectivity index (χ3n) is 6.94. The van der Waals surface area contributed by atoms with Gasteiger partial charge in [0.25, 0.3) is 0 Å². The van der Waals surface area contributed by atoms with Crippen LogP contribution in [0.1, 0.15) is 69.9 Å². The van der Waals surface area contributed by atoms with E-state index in [-0.39, 0.29) is 24.6 Å². The van der Waals surface area contributed by atoms with Crippen molar-refractivity contribution in [1.29, 1.82) is 0 Å². The molecule has 0 bridgehead atoms. The SMILES string of the molecule is CCc1ccccc1N(C(=O)CCC(=O)Nc1cc(C)on1)[C@H](C(=O)NC(C)(C)CC)c1cccc(OC)c1OC. The van der Waals surface area contributed by atoms with Crippen molar-refractivity contribution in [1.82, 2.24) is 10.5 Å². The number of hydrogen-bond acceptors (Lipinski definition) is 7. The number of aryl methyl sites for hydroxylation is 2. The molecule has 3 rings (SSSR count). The molecule has 1 aromatic heterocycles. The van der Waals surface area contributed by atoms with Crippen LogP contribution in [0.2, 0.25) is 0 Å². The normalized spacial score (nSPS) is 11.9. The molecular weight excluding hydrogens is 524 g/mol. The van der Waals surface area contributed by atoms with Crippen LogP contribution in [0.4, 0.5) is 11.5 Å². The van der Waals surface area contributed by atoms with E-state index in [1.54, 1.807) is 31.2 Å². The highest BCUT2D eigenvalue weighted by Gasteiger charge is 2.38. The molecule has 0 unspecified atom stereocenters. The van der Waals surface area contributed by atoms with E-state index in [9.17, 15) is 14.4 Å². The second-order valence-corrected chi connectivity index (χ2v) is 10.3. The predicted molar refractivity (Wildman–Crippen MR) is 157 cm³/mol. The Morgan fingerprint density at radius 3 is 2.37 bits per heavy atom. The summed E-state index contributed by atoms with van der Waals surface area (Å²) in [6.07, 6.45) is 1.01. The molecule has 0 saturated carbocycles. The summed E-state index contributed by atoms with van der Waals surface area (Å²) in [5, 5.41) is 9.53. The molecule has 10 nitrogen and oxygen atoms in total. The number of rotatable bonds is 13. The zero-order chi connectivity index (χ0) is 30.2. The van der Waals surface area contributed by atoms with E-state index in [0.717, 1.165) is 5.56 Å². The number of carbonyl (C=O) groups is 3. The minimum absolute atomic E-state index is 0.125. The molecule has 0 aliphatic rings. The van der Waals surface area contributed by atoms with Crippen molar-refractivity contribution >= 4 is 29.2 Å². The third kappa shape index (κ3) is 7.65. The van der Waals surface area contributed by atoms with Crippen molar-refractivity contribution in [2.45, 2.75) is 71.9 Å². The first-order chi connectivity index (χ1) is 19.5. The number of anilines is 2. The molecule has 0 saturated heterocycles. The van der Waals surface area contributed by atoms with Crippen molar-refractivity contribution in [2.24, 2.45) is 0 Å². The average Bonchev–Trinajstić information content (AvgIpc) is 3.37. The van der Waals surface area contributed by atoms with Crippen LogP contribution in [0.25, 0.3) is 0 Å². The van der Waals surface area contributed by atoms with E-state index in [1.165, 1.54) is 19.1 Å². The quantitative estimate of drug-likeness (QED) is 0.286. The second-order valence-electron chi connectivity index (χ2n) is 10.3. The summed E-state index contributed by atoms with van der Waals surface area (Å²) in [6, 6.07) is 13.1. The monoisotopic (exact) mass is 564 g/mol. The van der Waals surface area contributed by atoms with Gasteiger partial charge in [-0.3, -0.25) is 19.3 Å². The fourth-order valence-electron chi connectivity index (χ4n) is 4.45. The number of para-hydroxylation sites is 2. The molecule has 2 N–H and O–H groups in total. The minimum atomic E-state index is -1.12. The summed E-state index contributed by atoms with van der Waals surface area (Å²) in [5.41, 5.74) is 1.36. The van der Waals surface area contributed by atoms with Crippen LogP contribution in [0, 0.1) is 6.92 Å². The molecule has 41 heavy (non-hydrogen) atoms. The summed E-state index contributed by atoms with van der Waals surface area (Å²) < 4.78 is 16.3. The Kier molecular flexibility index (Phi) is 10.5. The highest BCUT2D eigenvalue weighted by molar-refractivity contribution is 6.04. The van der Waals surface area contributed by atoms with Crippen molar-refractivity contribution in [2.75, 3.05) is 24.4 Å². The Morgan fingerprint density at radius 2 is 1.76 bits per heavy atom. The van der Waals surface area contributed by atoms with Gasteiger partial charge in [0.2, 0.25) is 17.7 Å². The zero-order valence-corrected chi connectivity index (χ0v) is 24.9. The molecule has 10 heteroatoms. The first-order valence-corrected chi connectivity index (χ1v) is 13.7. The van der Waals surface area contributed by atoms with E-state index in [1.807, 2.05) is 52.0 Å². The lowest BCUT2D eigenvalue weighted by Gasteiger charge is -2.36. The van der Waals surface area contributed by atoms with Gasteiger partial charge in [-0.2, -0.15) is 0 Å². The molecule has 2 aromatic carbocycles. The Labute approximate surface area is 241 Å². The molecule has 1 heterocycles. The molecular formula is C31H40N4O6. The Balaban J connectivity index is 2.11. The number of ether oxygens (including phenoxy) is 2. The Morgan fingerprint density at radius 1 is 1.02 bits per heavy atom. The van der Waals surface area contributed by atoms with Gasteiger partial charge in [0.05, 0.1) is 14.2 Å². The maximum atomic E-state index is 14.2. The molecule has 1 atom stereocenters. The van der Waals surface area contributed by atoms with Gasteiger partial charge < -0.3 is 24.6 Å². The van der Waals surface area contributed by atoms with Crippen LogP contribution >= 0.6 is 0 Å². The van der Waals surface area contributed by atoms with E-state index < -0.39 is 23.4 Å². The Hall–Kier alpha value is -4.34. The fourth-order valence-corrected chi connectivity index (χ4v) is 4.45.